The van der Waals surface area contributed by atoms with E-state index in [-0.39, 0.29) is 30.2 Å². The van der Waals surface area contributed by atoms with Crippen LogP contribution in [0.1, 0.15) is 18.4 Å². The lowest BCUT2D eigenvalue weighted by molar-refractivity contribution is -0.154. The third-order valence-corrected chi connectivity index (χ3v) is 3.79. The third-order valence-electron chi connectivity index (χ3n) is 3.79. The number of rotatable bonds is 2. The van der Waals surface area contributed by atoms with Crippen molar-refractivity contribution in [3.8, 4) is 0 Å². The summed E-state index contributed by atoms with van der Waals surface area (Å²) >= 11 is 0. The van der Waals surface area contributed by atoms with Crippen LogP contribution in [0.15, 0.2) is 24.3 Å². The van der Waals surface area contributed by atoms with Crippen molar-refractivity contribution < 1.29 is 14.0 Å². The lowest BCUT2D eigenvalue weighted by Crippen LogP contribution is -2.57. The van der Waals surface area contributed by atoms with Crippen LogP contribution in [0.25, 0.3) is 0 Å². The summed E-state index contributed by atoms with van der Waals surface area (Å²) in [5, 5.41) is 0. The maximum Gasteiger partial charge on any atom is 0.292 e. The van der Waals surface area contributed by atoms with E-state index in [9.17, 15) is 14.0 Å². The second-order valence-electron chi connectivity index (χ2n) is 5.08. The van der Waals surface area contributed by atoms with Gasteiger partial charge in [0.1, 0.15) is 5.82 Å². The molecule has 0 aliphatic carbocycles. The molecule has 2 aliphatic rings. The summed E-state index contributed by atoms with van der Waals surface area (Å²) in [5.41, 5.74) is 0.954. The number of hydrogen-bond donors (Lipinski definition) is 0. The number of hydrogen-bond acceptors (Lipinski definition) is 3. The summed E-state index contributed by atoms with van der Waals surface area (Å²) in [6, 6.07) is 6.27. The van der Waals surface area contributed by atoms with E-state index in [1.807, 2.05) is 4.90 Å². The van der Waals surface area contributed by atoms with Gasteiger partial charge in [0.25, 0.3) is 5.91 Å². The van der Waals surface area contributed by atoms with Crippen molar-refractivity contribution in [1.29, 1.82) is 0 Å². The van der Waals surface area contributed by atoms with Crippen molar-refractivity contribution in [2.75, 3.05) is 13.1 Å². The van der Waals surface area contributed by atoms with Crippen LogP contribution in [0, 0.1) is 5.82 Å². The molecule has 0 N–H and O–H groups in total. The molecule has 2 aliphatic heterocycles. The van der Waals surface area contributed by atoms with Gasteiger partial charge in [-0.05, 0) is 30.5 Å². The zero-order valence-corrected chi connectivity index (χ0v) is 10.5. The molecular weight excluding hydrogens is 247 g/mol. The van der Waals surface area contributed by atoms with Gasteiger partial charge in [-0.3, -0.25) is 14.5 Å². The molecule has 3 rings (SSSR count). The third kappa shape index (κ3) is 2.26. The fraction of sp³-hybridized carbons (Fsp3) is 0.429. The van der Waals surface area contributed by atoms with Gasteiger partial charge in [-0.25, -0.2) is 4.39 Å². The minimum absolute atomic E-state index is 0.0234. The number of halogens is 1. The monoisotopic (exact) mass is 262 g/mol. The van der Waals surface area contributed by atoms with Crippen LogP contribution in [-0.2, 0) is 16.1 Å². The van der Waals surface area contributed by atoms with Gasteiger partial charge in [-0.2, -0.15) is 0 Å². The molecule has 4 nitrogen and oxygen atoms in total. The average molecular weight is 262 g/mol. The number of fused-ring (bicyclic) bond motifs is 1. The van der Waals surface area contributed by atoms with Crippen LogP contribution < -0.4 is 0 Å². The topological polar surface area (TPSA) is 40.6 Å². The summed E-state index contributed by atoms with van der Waals surface area (Å²) < 4.78 is 12.9. The first-order chi connectivity index (χ1) is 9.15. The molecule has 100 valence electrons. The van der Waals surface area contributed by atoms with Crippen LogP contribution in [0.5, 0.6) is 0 Å². The summed E-state index contributed by atoms with van der Waals surface area (Å²) in [5.74, 6) is -0.964. The van der Waals surface area contributed by atoms with Crippen molar-refractivity contribution in [3.05, 3.63) is 35.6 Å². The second kappa shape index (κ2) is 4.74. The summed E-state index contributed by atoms with van der Waals surface area (Å²) in [4.78, 5) is 27.1. The highest BCUT2D eigenvalue weighted by molar-refractivity contribution is 6.37. The number of nitrogens with zero attached hydrogens (tertiary/aromatic N) is 2. The Morgan fingerprint density at radius 1 is 1.21 bits per heavy atom. The van der Waals surface area contributed by atoms with Gasteiger partial charge in [0.15, 0.2) is 0 Å². The highest BCUT2D eigenvalue weighted by Crippen LogP contribution is 2.26. The smallest absolute Gasteiger partial charge is 0.292 e. The molecule has 1 atom stereocenters. The van der Waals surface area contributed by atoms with Crippen LogP contribution in [0.3, 0.4) is 0 Å². The van der Waals surface area contributed by atoms with E-state index in [1.165, 1.54) is 12.1 Å². The highest BCUT2D eigenvalue weighted by atomic mass is 19.1. The SMILES string of the molecule is O=C1CN(Cc2ccc(F)cc2)C2CCCN2C1=O. The van der Waals surface area contributed by atoms with Crippen molar-refractivity contribution in [3.63, 3.8) is 0 Å². The number of ketones is 1. The van der Waals surface area contributed by atoms with Crippen molar-refractivity contribution in [1.82, 2.24) is 9.80 Å². The highest BCUT2D eigenvalue weighted by Gasteiger charge is 2.41. The van der Waals surface area contributed by atoms with E-state index >= 15 is 0 Å². The predicted octanol–water partition coefficient (Wildman–Crippen LogP) is 1.16. The molecule has 1 amide bonds. The minimum Gasteiger partial charge on any atom is -0.320 e. The van der Waals surface area contributed by atoms with Gasteiger partial charge in [0.2, 0.25) is 5.78 Å². The molecule has 0 aromatic heterocycles. The molecule has 0 spiro atoms. The normalized spacial score (nSPS) is 23.8. The molecule has 2 heterocycles. The summed E-state index contributed by atoms with van der Waals surface area (Å²) in [6.07, 6.45) is 1.86. The average Bonchev–Trinajstić information content (AvgIpc) is 2.88. The maximum absolute atomic E-state index is 12.9. The van der Waals surface area contributed by atoms with E-state index in [4.69, 9.17) is 0 Å². The van der Waals surface area contributed by atoms with Gasteiger partial charge in [-0.1, -0.05) is 12.1 Å². The largest absolute Gasteiger partial charge is 0.320 e. The first-order valence-electron chi connectivity index (χ1n) is 6.47. The standard InChI is InChI=1S/C14H15FN2O2/c15-11-5-3-10(4-6-11)8-16-9-12(18)14(19)17-7-1-2-13(16)17/h3-6,13H,1-2,7-9H2. The van der Waals surface area contributed by atoms with Crippen molar-refractivity contribution >= 4 is 11.7 Å². The Kier molecular flexibility index (Phi) is 3.06. The number of amides is 1. The van der Waals surface area contributed by atoms with Gasteiger partial charge in [0, 0.05) is 13.1 Å². The van der Waals surface area contributed by atoms with Crippen LogP contribution in [0.4, 0.5) is 4.39 Å². The molecular formula is C14H15FN2O2. The van der Waals surface area contributed by atoms with Crippen LogP contribution in [-0.4, -0.2) is 40.7 Å². The Bertz CT molecular complexity index is 515. The van der Waals surface area contributed by atoms with Gasteiger partial charge < -0.3 is 4.90 Å². The lowest BCUT2D eigenvalue weighted by Gasteiger charge is -2.38. The van der Waals surface area contributed by atoms with Crippen LogP contribution in [0.2, 0.25) is 0 Å². The lowest BCUT2D eigenvalue weighted by atomic mass is 10.1. The Morgan fingerprint density at radius 3 is 2.68 bits per heavy atom. The van der Waals surface area contributed by atoms with E-state index in [1.54, 1.807) is 17.0 Å². The van der Waals surface area contributed by atoms with E-state index in [0.717, 1.165) is 18.4 Å². The maximum atomic E-state index is 12.9. The first kappa shape index (κ1) is 12.3. The molecule has 1 aromatic rings. The quantitative estimate of drug-likeness (QED) is 0.751. The van der Waals surface area contributed by atoms with Gasteiger partial charge in [0.05, 0.1) is 12.7 Å². The van der Waals surface area contributed by atoms with E-state index < -0.39 is 0 Å². The Balaban J connectivity index is 1.78. The van der Waals surface area contributed by atoms with E-state index in [2.05, 4.69) is 0 Å². The zero-order valence-electron chi connectivity index (χ0n) is 10.5. The van der Waals surface area contributed by atoms with Crippen molar-refractivity contribution in [2.45, 2.75) is 25.6 Å². The molecule has 2 saturated heterocycles. The van der Waals surface area contributed by atoms with Gasteiger partial charge in [-0.15, -0.1) is 0 Å². The van der Waals surface area contributed by atoms with Gasteiger partial charge >= 0.3 is 0 Å². The van der Waals surface area contributed by atoms with E-state index in [0.29, 0.717) is 13.1 Å². The Labute approximate surface area is 110 Å². The number of carbonyl (C=O) groups excluding carboxylic acids is 2. The molecule has 0 bridgehead atoms. The number of Topliss-reactive ketones (excluding diaryl/α,β-unsaturated/α-hetero) is 1. The molecule has 1 aromatic carbocycles. The molecule has 1 unspecified atom stereocenters. The molecule has 0 radical (unpaired) electrons. The molecule has 19 heavy (non-hydrogen) atoms. The predicted molar refractivity (Wildman–Crippen MR) is 66.6 cm³/mol. The zero-order chi connectivity index (χ0) is 13.4. The first-order valence-corrected chi connectivity index (χ1v) is 6.47. The number of carbonyl (C=O) groups is 2. The minimum atomic E-state index is -0.349. The summed E-state index contributed by atoms with van der Waals surface area (Å²) in [7, 11) is 0. The fourth-order valence-electron chi connectivity index (χ4n) is 2.87. The molecule has 0 saturated carbocycles. The molecule has 2 fully saturated rings. The number of benzene rings is 1. The second-order valence-corrected chi connectivity index (χ2v) is 5.08. The molecule has 5 heteroatoms. The Hall–Kier alpha value is -1.75. The van der Waals surface area contributed by atoms with Crippen LogP contribution >= 0.6 is 0 Å². The van der Waals surface area contributed by atoms with Crippen molar-refractivity contribution in [2.24, 2.45) is 0 Å². The summed E-state index contributed by atoms with van der Waals surface area (Å²) in [6.45, 7) is 1.40. The Morgan fingerprint density at radius 2 is 1.95 bits per heavy atom. The fourth-order valence-corrected chi connectivity index (χ4v) is 2.87.